The average molecular weight is 453 g/mol. The number of nitrogens with two attached hydrogens (primary N) is 1. The van der Waals surface area contributed by atoms with Crippen molar-refractivity contribution in [2.75, 3.05) is 5.73 Å². The molecule has 7 heteroatoms. The summed E-state index contributed by atoms with van der Waals surface area (Å²) in [4.78, 5) is 9.20. The molecule has 0 spiro atoms. The number of hydrogen-bond donors (Lipinski definition) is 1. The Hall–Kier alpha value is -3.71. The number of aryl methyl sites for hydroxylation is 2. The highest BCUT2D eigenvalue weighted by atomic mass is 32.2. The first kappa shape index (κ1) is 21.2. The van der Waals surface area contributed by atoms with E-state index in [1.54, 1.807) is 11.8 Å². The second-order valence-corrected chi connectivity index (χ2v) is 8.96. The lowest BCUT2D eigenvalue weighted by atomic mass is 10.1. The van der Waals surface area contributed by atoms with Crippen LogP contribution in [-0.4, -0.2) is 24.7 Å². The summed E-state index contributed by atoms with van der Waals surface area (Å²) in [5, 5.41) is 10.8. The van der Waals surface area contributed by atoms with Gasteiger partial charge in [0.25, 0.3) is 0 Å². The van der Waals surface area contributed by atoms with Crippen LogP contribution < -0.4 is 5.73 Å². The van der Waals surface area contributed by atoms with Gasteiger partial charge >= 0.3 is 0 Å². The SMILES string of the molecule is Cc1ccc(-n2c(Cc3ccccc3)nnc2SCc2nc(N)c3ccccc3n2)c(C)c1. The molecule has 2 N–H and O–H groups in total. The molecule has 2 heterocycles. The van der Waals surface area contributed by atoms with Gasteiger partial charge in [0.1, 0.15) is 17.5 Å². The summed E-state index contributed by atoms with van der Waals surface area (Å²) < 4.78 is 2.15. The maximum absolute atomic E-state index is 6.18. The van der Waals surface area contributed by atoms with Crippen molar-refractivity contribution in [3.8, 4) is 5.69 Å². The smallest absolute Gasteiger partial charge is 0.196 e. The number of hydrogen-bond acceptors (Lipinski definition) is 6. The zero-order chi connectivity index (χ0) is 22.8. The van der Waals surface area contributed by atoms with Gasteiger partial charge in [-0.3, -0.25) is 4.57 Å². The Morgan fingerprint density at radius 1 is 0.879 bits per heavy atom. The minimum Gasteiger partial charge on any atom is -0.383 e. The van der Waals surface area contributed by atoms with Crippen LogP contribution in [0.25, 0.3) is 16.6 Å². The van der Waals surface area contributed by atoms with Gasteiger partial charge in [-0.05, 0) is 43.2 Å². The molecule has 0 radical (unpaired) electrons. The lowest BCUT2D eigenvalue weighted by Crippen LogP contribution is -2.06. The third kappa shape index (κ3) is 4.45. The third-order valence-electron chi connectivity index (χ3n) is 5.51. The number of rotatable bonds is 6. The summed E-state index contributed by atoms with van der Waals surface area (Å²) in [5.74, 6) is 2.62. The number of fused-ring (bicyclic) bond motifs is 1. The molecule has 5 rings (SSSR count). The molecule has 0 aliphatic rings. The molecular formula is C26H24N6S. The van der Waals surface area contributed by atoms with E-state index in [9.17, 15) is 0 Å². The summed E-state index contributed by atoms with van der Waals surface area (Å²) >= 11 is 1.57. The summed E-state index contributed by atoms with van der Waals surface area (Å²) in [6.45, 7) is 4.22. The van der Waals surface area contributed by atoms with Crippen LogP contribution in [0.4, 0.5) is 5.82 Å². The van der Waals surface area contributed by atoms with Crippen LogP contribution in [0.5, 0.6) is 0 Å². The van der Waals surface area contributed by atoms with E-state index in [0.29, 0.717) is 23.8 Å². The second-order valence-electron chi connectivity index (χ2n) is 8.02. The summed E-state index contributed by atoms with van der Waals surface area (Å²) in [6.07, 6.45) is 0.696. The van der Waals surface area contributed by atoms with Crippen molar-refractivity contribution in [3.63, 3.8) is 0 Å². The lowest BCUT2D eigenvalue weighted by Gasteiger charge is -2.14. The minimum absolute atomic E-state index is 0.497. The monoisotopic (exact) mass is 452 g/mol. The number of nitrogen functional groups attached to an aromatic ring is 1. The fourth-order valence-corrected chi connectivity index (χ4v) is 4.75. The molecule has 0 saturated carbocycles. The molecule has 0 fully saturated rings. The number of nitrogens with zero attached hydrogens (tertiary/aromatic N) is 5. The minimum atomic E-state index is 0.497. The maximum atomic E-state index is 6.18. The van der Waals surface area contributed by atoms with Gasteiger partial charge in [-0.2, -0.15) is 0 Å². The van der Waals surface area contributed by atoms with Crippen molar-refractivity contribution in [1.29, 1.82) is 0 Å². The fraction of sp³-hybridized carbons (Fsp3) is 0.154. The Morgan fingerprint density at radius 3 is 2.48 bits per heavy atom. The van der Waals surface area contributed by atoms with Crippen LogP contribution in [0.15, 0.2) is 78.0 Å². The predicted molar refractivity (Wildman–Crippen MR) is 134 cm³/mol. The number of para-hydroxylation sites is 1. The Kier molecular flexibility index (Phi) is 5.79. The van der Waals surface area contributed by atoms with Gasteiger partial charge in [0.05, 0.1) is 17.0 Å². The van der Waals surface area contributed by atoms with Crippen molar-refractivity contribution in [2.24, 2.45) is 0 Å². The Balaban J connectivity index is 1.50. The topological polar surface area (TPSA) is 82.5 Å². The Morgan fingerprint density at radius 2 is 1.67 bits per heavy atom. The van der Waals surface area contributed by atoms with E-state index < -0.39 is 0 Å². The number of aromatic nitrogens is 5. The van der Waals surface area contributed by atoms with E-state index in [0.717, 1.165) is 27.6 Å². The highest BCUT2D eigenvalue weighted by molar-refractivity contribution is 7.98. The predicted octanol–water partition coefficient (Wildman–Crippen LogP) is 5.29. The van der Waals surface area contributed by atoms with Crippen molar-refractivity contribution in [2.45, 2.75) is 31.2 Å². The second kappa shape index (κ2) is 9.03. The first-order chi connectivity index (χ1) is 16.1. The third-order valence-corrected chi connectivity index (χ3v) is 6.43. The van der Waals surface area contributed by atoms with Crippen LogP contribution in [0.3, 0.4) is 0 Å². The summed E-state index contributed by atoms with van der Waals surface area (Å²) in [6, 6.07) is 24.6. The quantitative estimate of drug-likeness (QED) is 0.352. The van der Waals surface area contributed by atoms with Gasteiger partial charge in [-0.15, -0.1) is 10.2 Å². The van der Waals surface area contributed by atoms with Gasteiger partial charge < -0.3 is 5.73 Å². The highest BCUT2D eigenvalue weighted by Crippen LogP contribution is 2.28. The van der Waals surface area contributed by atoms with Crippen LogP contribution in [0, 0.1) is 13.8 Å². The summed E-state index contributed by atoms with van der Waals surface area (Å²) in [5.41, 5.74) is 11.7. The van der Waals surface area contributed by atoms with Gasteiger partial charge in [0.15, 0.2) is 5.16 Å². The van der Waals surface area contributed by atoms with Crippen LogP contribution in [-0.2, 0) is 12.2 Å². The fourth-order valence-electron chi connectivity index (χ4n) is 3.93. The van der Waals surface area contributed by atoms with Gasteiger partial charge in [0, 0.05) is 11.8 Å². The molecule has 5 aromatic rings. The van der Waals surface area contributed by atoms with Crippen molar-refractivity contribution < 1.29 is 0 Å². The highest BCUT2D eigenvalue weighted by Gasteiger charge is 2.17. The molecule has 0 amide bonds. The molecule has 6 nitrogen and oxygen atoms in total. The molecule has 0 aliphatic carbocycles. The molecule has 3 aromatic carbocycles. The van der Waals surface area contributed by atoms with E-state index in [4.69, 9.17) is 5.73 Å². The Bertz CT molecular complexity index is 1430. The molecule has 0 aliphatic heterocycles. The number of benzene rings is 3. The standard InChI is InChI=1S/C26H24N6S/c1-17-12-13-22(18(2)14-17)32-24(15-19-8-4-3-5-9-19)30-31-26(32)33-16-23-28-21-11-7-6-10-20(21)25(27)29-23/h3-14H,15-16H2,1-2H3,(H2,27,28,29). The molecule has 0 saturated heterocycles. The lowest BCUT2D eigenvalue weighted by molar-refractivity contribution is 0.840. The average Bonchev–Trinajstić information content (AvgIpc) is 3.20. The molecule has 33 heavy (non-hydrogen) atoms. The van der Waals surface area contributed by atoms with E-state index in [1.165, 1.54) is 16.7 Å². The molecule has 164 valence electrons. The van der Waals surface area contributed by atoms with Crippen LogP contribution in [0.1, 0.15) is 28.3 Å². The summed E-state index contributed by atoms with van der Waals surface area (Å²) in [7, 11) is 0. The van der Waals surface area contributed by atoms with E-state index >= 15 is 0 Å². The molecule has 2 aromatic heterocycles. The zero-order valence-electron chi connectivity index (χ0n) is 18.6. The van der Waals surface area contributed by atoms with Gasteiger partial charge in [-0.25, -0.2) is 9.97 Å². The molecular weight excluding hydrogens is 428 g/mol. The van der Waals surface area contributed by atoms with Gasteiger partial charge in [0.2, 0.25) is 0 Å². The van der Waals surface area contributed by atoms with Crippen molar-refractivity contribution in [3.05, 3.63) is 101 Å². The molecule has 0 atom stereocenters. The van der Waals surface area contributed by atoms with E-state index in [-0.39, 0.29) is 0 Å². The van der Waals surface area contributed by atoms with Crippen molar-refractivity contribution >= 4 is 28.5 Å². The largest absolute Gasteiger partial charge is 0.383 e. The maximum Gasteiger partial charge on any atom is 0.196 e. The number of anilines is 1. The normalized spacial score (nSPS) is 11.2. The zero-order valence-corrected chi connectivity index (χ0v) is 19.4. The van der Waals surface area contributed by atoms with Crippen LogP contribution in [0.2, 0.25) is 0 Å². The van der Waals surface area contributed by atoms with Gasteiger partial charge in [-0.1, -0.05) is 71.9 Å². The van der Waals surface area contributed by atoms with E-state index in [1.807, 2.05) is 42.5 Å². The first-order valence-electron chi connectivity index (χ1n) is 10.8. The van der Waals surface area contributed by atoms with Crippen LogP contribution >= 0.6 is 11.8 Å². The first-order valence-corrected chi connectivity index (χ1v) is 11.8. The van der Waals surface area contributed by atoms with E-state index in [2.05, 4.69) is 68.9 Å². The Labute approximate surface area is 196 Å². The number of thioether (sulfide) groups is 1. The molecule has 0 unspecified atom stereocenters. The molecule has 0 bridgehead atoms. The van der Waals surface area contributed by atoms with Crippen molar-refractivity contribution in [1.82, 2.24) is 24.7 Å².